The lowest BCUT2D eigenvalue weighted by molar-refractivity contribution is 0.0702. The molecule has 1 aromatic carbocycles. The highest BCUT2D eigenvalue weighted by Gasteiger charge is 2.29. The first-order valence-corrected chi connectivity index (χ1v) is 10.1. The molecular formula is C20H21N3O3S. The molecule has 1 aliphatic heterocycles. The van der Waals surface area contributed by atoms with Gasteiger partial charge in [0.1, 0.15) is 5.75 Å². The number of carbonyl (C=O) groups excluding carboxylic acids is 1. The zero-order chi connectivity index (χ0) is 18.6. The quantitative estimate of drug-likeness (QED) is 0.660. The number of ether oxygens (including phenoxy) is 1. The third-order valence-corrected chi connectivity index (χ3v) is 5.44. The highest BCUT2D eigenvalue weighted by Crippen LogP contribution is 2.31. The topological polar surface area (TPSA) is 68.5 Å². The van der Waals surface area contributed by atoms with Crippen molar-refractivity contribution < 1.29 is 13.9 Å². The Morgan fingerprint density at radius 1 is 1.26 bits per heavy atom. The first-order chi connectivity index (χ1) is 13.3. The molecule has 3 heterocycles. The molecule has 0 saturated carbocycles. The Morgan fingerprint density at radius 3 is 2.81 bits per heavy atom. The van der Waals surface area contributed by atoms with Gasteiger partial charge in [-0.15, -0.1) is 10.2 Å². The summed E-state index contributed by atoms with van der Waals surface area (Å²) >= 11 is 1.60. The summed E-state index contributed by atoms with van der Waals surface area (Å²) in [6, 6.07) is 9.39. The Bertz CT molecular complexity index is 899. The standard InChI is InChI=1S/C20H21N3O3S/c1-2-25-17-6-4-3-5-16(17)20(24)23-10-7-14(8-11-23)18-21-22-19(26-18)15-9-12-27-13-15/h3-6,9,12-14H,2,7-8,10-11H2,1H3. The Labute approximate surface area is 161 Å². The van der Waals surface area contributed by atoms with E-state index in [2.05, 4.69) is 10.2 Å². The van der Waals surface area contributed by atoms with Crippen molar-refractivity contribution in [2.24, 2.45) is 0 Å². The Balaban J connectivity index is 1.41. The number of benzene rings is 1. The fourth-order valence-corrected chi connectivity index (χ4v) is 3.96. The molecule has 0 spiro atoms. The first-order valence-electron chi connectivity index (χ1n) is 9.13. The maximum Gasteiger partial charge on any atom is 0.257 e. The van der Waals surface area contributed by atoms with E-state index in [0.717, 1.165) is 18.4 Å². The number of hydrogen-bond donors (Lipinski definition) is 0. The van der Waals surface area contributed by atoms with Crippen LogP contribution in [0.4, 0.5) is 0 Å². The van der Waals surface area contributed by atoms with Crippen molar-refractivity contribution in [2.75, 3.05) is 19.7 Å². The number of carbonyl (C=O) groups is 1. The smallest absolute Gasteiger partial charge is 0.257 e. The van der Waals surface area contributed by atoms with Crippen molar-refractivity contribution in [1.82, 2.24) is 15.1 Å². The number of hydrogen-bond acceptors (Lipinski definition) is 6. The summed E-state index contributed by atoms with van der Waals surface area (Å²) in [5, 5.41) is 12.4. The van der Waals surface area contributed by atoms with Gasteiger partial charge in [-0.05, 0) is 43.3 Å². The number of piperidine rings is 1. The van der Waals surface area contributed by atoms with Gasteiger partial charge in [-0.1, -0.05) is 12.1 Å². The molecule has 4 rings (SSSR count). The Hall–Kier alpha value is -2.67. The molecule has 1 saturated heterocycles. The van der Waals surface area contributed by atoms with E-state index < -0.39 is 0 Å². The molecule has 0 aliphatic carbocycles. The van der Waals surface area contributed by atoms with Gasteiger partial charge in [0, 0.05) is 30.0 Å². The SMILES string of the molecule is CCOc1ccccc1C(=O)N1CCC(c2nnc(-c3ccsc3)o2)CC1. The highest BCUT2D eigenvalue weighted by molar-refractivity contribution is 7.08. The van der Waals surface area contributed by atoms with Crippen molar-refractivity contribution >= 4 is 17.2 Å². The predicted molar refractivity (Wildman–Crippen MR) is 103 cm³/mol. The Kier molecular flexibility index (Phi) is 5.20. The summed E-state index contributed by atoms with van der Waals surface area (Å²) in [5.41, 5.74) is 1.58. The van der Waals surface area contributed by atoms with E-state index in [9.17, 15) is 4.79 Å². The van der Waals surface area contributed by atoms with Crippen LogP contribution < -0.4 is 4.74 Å². The summed E-state index contributed by atoms with van der Waals surface area (Å²) in [6.45, 7) is 3.79. The van der Waals surface area contributed by atoms with Crippen LogP contribution in [0.3, 0.4) is 0 Å². The molecule has 6 nitrogen and oxygen atoms in total. The third kappa shape index (κ3) is 3.73. The van der Waals surface area contributed by atoms with E-state index in [1.165, 1.54) is 0 Å². The van der Waals surface area contributed by atoms with E-state index in [4.69, 9.17) is 9.15 Å². The normalized spacial score (nSPS) is 15.1. The molecule has 27 heavy (non-hydrogen) atoms. The third-order valence-electron chi connectivity index (χ3n) is 4.76. The maximum absolute atomic E-state index is 12.9. The minimum Gasteiger partial charge on any atom is -0.493 e. The predicted octanol–water partition coefficient (Wildman–Crippen LogP) is 4.22. The molecule has 0 radical (unpaired) electrons. The van der Waals surface area contributed by atoms with Crippen molar-refractivity contribution in [3.63, 3.8) is 0 Å². The number of aromatic nitrogens is 2. The fraction of sp³-hybridized carbons (Fsp3) is 0.350. The summed E-state index contributed by atoms with van der Waals surface area (Å²) in [6.07, 6.45) is 1.63. The zero-order valence-corrected chi connectivity index (χ0v) is 15.9. The van der Waals surface area contributed by atoms with Gasteiger partial charge in [-0.2, -0.15) is 11.3 Å². The molecule has 3 aromatic rings. The van der Waals surface area contributed by atoms with Crippen LogP contribution in [0.25, 0.3) is 11.5 Å². The fourth-order valence-electron chi connectivity index (χ4n) is 3.33. The molecule has 140 valence electrons. The van der Waals surface area contributed by atoms with Crippen molar-refractivity contribution in [1.29, 1.82) is 0 Å². The van der Waals surface area contributed by atoms with Crippen LogP contribution in [0.1, 0.15) is 41.9 Å². The number of nitrogens with zero attached hydrogens (tertiary/aromatic N) is 3. The van der Waals surface area contributed by atoms with E-state index in [1.54, 1.807) is 11.3 Å². The lowest BCUT2D eigenvalue weighted by atomic mass is 9.96. The van der Waals surface area contributed by atoms with Gasteiger partial charge < -0.3 is 14.1 Å². The van der Waals surface area contributed by atoms with E-state index >= 15 is 0 Å². The van der Waals surface area contributed by atoms with Crippen LogP contribution in [0.2, 0.25) is 0 Å². The number of likely N-dealkylation sites (tertiary alicyclic amines) is 1. The van der Waals surface area contributed by atoms with E-state index in [-0.39, 0.29) is 11.8 Å². The lowest BCUT2D eigenvalue weighted by Gasteiger charge is -2.30. The van der Waals surface area contributed by atoms with E-state index in [0.29, 0.717) is 42.8 Å². The van der Waals surface area contributed by atoms with Crippen molar-refractivity contribution in [3.05, 3.63) is 52.5 Å². The minimum atomic E-state index is 0.0157. The molecule has 2 aromatic heterocycles. The Morgan fingerprint density at radius 2 is 2.07 bits per heavy atom. The molecule has 7 heteroatoms. The van der Waals surface area contributed by atoms with Gasteiger partial charge in [0.25, 0.3) is 5.91 Å². The monoisotopic (exact) mass is 383 g/mol. The van der Waals surface area contributed by atoms with Gasteiger partial charge in [0.15, 0.2) is 0 Å². The van der Waals surface area contributed by atoms with Gasteiger partial charge >= 0.3 is 0 Å². The summed E-state index contributed by atoms with van der Waals surface area (Å²) < 4.78 is 11.5. The second-order valence-electron chi connectivity index (χ2n) is 6.45. The maximum atomic E-state index is 12.9. The van der Waals surface area contributed by atoms with Gasteiger partial charge in [0.2, 0.25) is 11.8 Å². The second kappa shape index (κ2) is 7.92. The average Bonchev–Trinajstić information content (AvgIpc) is 3.40. The van der Waals surface area contributed by atoms with Crippen LogP contribution in [0.15, 0.2) is 45.5 Å². The average molecular weight is 383 g/mol. The first kappa shape index (κ1) is 17.7. The van der Waals surface area contributed by atoms with Gasteiger partial charge in [0.05, 0.1) is 12.2 Å². The molecule has 1 amide bonds. The summed E-state index contributed by atoms with van der Waals surface area (Å²) in [4.78, 5) is 14.8. The van der Waals surface area contributed by atoms with Gasteiger partial charge in [-0.3, -0.25) is 4.79 Å². The van der Waals surface area contributed by atoms with Crippen molar-refractivity contribution in [2.45, 2.75) is 25.7 Å². The minimum absolute atomic E-state index is 0.0157. The molecule has 0 bridgehead atoms. The number of para-hydroxylation sites is 1. The van der Waals surface area contributed by atoms with Gasteiger partial charge in [-0.25, -0.2) is 0 Å². The molecule has 0 N–H and O–H groups in total. The summed E-state index contributed by atoms with van der Waals surface area (Å²) in [5.74, 6) is 2.08. The van der Waals surface area contributed by atoms with Crippen LogP contribution in [-0.2, 0) is 0 Å². The highest BCUT2D eigenvalue weighted by atomic mass is 32.1. The number of thiophene rings is 1. The number of rotatable bonds is 5. The second-order valence-corrected chi connectivity index (χ2v) is 7.23. The zero-order valence-electron chi connectivity index (χ0n) is 15.1. The van der Waals surface area contributed by atoms with Crippen LogP contribution in [0.5, 0.6) is 5.75 Å². The van der Waals surface area contributed by atoms with Crippen molar-refractivity contribution in [3.8, 4) is 17.2 Å². The molecular weight excluding hydrogens is 362 g/mol. The number of amides is 1. The lowest BCUT2D eigenvalue weighted by Crippen LogP contribution is -2.38. The van der Waals surface area contributed by atoms with Crippen LogP contribution >= 0.6 is 11.3 Å². The summed E-state index contributed by atoms with van der Waals surface area (Å²) in [7, 11) is 0. The largest absolute Gasteiger partial charge is 0.493 e. The molecule has 1 aliphatic rings. The molecule has 1 fully saturated rings. The van der Waals surface area contributed by atoms with Crippen LogP contribution in [0, 0.1) is 0 Å². The van der Waals surface area contributed by atoms with Crippen LogP contribution in [-0.4, -0.2) is 40.7 Å². The molecule has 0 atom stereocenters. The van der Waals surface area contributed by atoms with E-state index in [1.807, 2.05) is 52.9 Å². The molecule has 0 unspecified atom stereocenters.